The number of hydrogen-bond donors (Lipinski definition) is 10. The Bertz CT molecular complexity index is 1660. The van der Waals surface area contributed by atoms with Gasteiger partial charge in [-0.05, 0) is 70.5 Å². The van der Waals surface area contributed by atoms with Gasteiger partial charge >= 0.3 is 0 Å². The molecule has 0 unspecified atom stereocenters. The minimum absolute atomic E-state index is 0.234. The molecule has 2 aromatic rings. The van der Waals surface area contributed by atoms with Crippen molar-refractivity contribution in [1.29, 1.82) is 0 Å². The molecule has 0 aliphatic rings. The quantitative estimate of drug-likeness (QED) is 0.0342. The van der Waals surface area contributed by atoms with E-state index in [0.29, 0.717) is 62.9 Å². The number of benzene rings is 2. The summed E-state index contributed by atoms with van der Waals surface area (Å²) in [6, 6.07) is 10.2. The number of unbranched alkanes of at least 4 members (excludes halogenated alkanes) is 4. The van der Waals surface area contributed by atoms with Crippen molar-refractivity contribution in [3.05, 3.63) is 58.7 Å². The fourth-order valence-corrected chi connectivity index (χ4v) is 4.79. The van der Waals surface area contributed by atoms with Crippen molar-refractivity contribution in [2.75, 3.05) is 10.6 Å². The maximum Gasteiger partial charge on any atom is 0.236 e. The first-order valence-electron chi connectivity index (χ1n) is 17.0. The van der Waals surface area contributed by atoms with E-state index in [4.69, 9.17) is 45.9 Å². The van der Waals surface area contributed by atoms with Crippen molar-refractivity contribution < 1.29 is 9.59 Å². The van der Waals surface area contributed by atoms with Crippen LogP contribution in [0, 0.1) is 5.92 Å². The maximum absolute atomic E-state index is 14.0. The predicted molar refractivity (Wildman–Crippen MR) is 219 cm³/mol. The fourth-order valence-electron chi connectivity index (χ4n) is 4.79. The van der Waals surface area contributed by atoms with Gasteiger partial charge in [-0.3, -0.25) is 9.59 Å². The molecule has 18 N–H and O–H groups in total. The number of nitrogens with one attached hydrogen (secondary N) is 2. The second kappa shape index (κ2) is 21.5. The van der Waals surface area contributed by atoms with Gasteiger partial charge < -0.3 is 56.5 Å². The van der Waals surface area contributed by atoms with Crippen molar-refractivity contribution in [2.24, 2.45) is 92.6 Å². The molecule has 0 saturated carbocycles. The number of rotatable bonds is 18. The highest BCUT2D eigenvalue weighted by molar-refractivity contribution is 6.13. The van der Waals surface area contributed by atoms with E-state index in [-0.39, 0.29) is 30.3 Å². The van der Waals surface area contributed by atoms with Crippen molar-refractivity contribution >= 4 is 69.9 Å². The summed E-state index contributed by atoms with van der Waals surface area (Å²) < 4.78 is 0. The Hall–Kier alpha value is -6.86. The number of carbonyl (C=O) groups is 2. The Balaban J connectivity index is 2.63. The summed E-state index contributed by atoms with van der Waals surface area (Å²) in [5.74, 6) is -3.13. The Morgan fingerprint density at radius 3 is 1.06 bits per heavy atom. The highest BCUT2D eigenvalue weighted by Gasteiger charge is 2.27. The van der Waals surface area contributed by atoms with E-state index in [2.05, 4.69) is 58.4 Å². The molecule has 0 aromatic heterocycles. The Morgan fingerprint density at radius 1 is 0.481 bits per heavy atom. The molecular weight excluding hydrogens is 692 g/mol. The third-order valence-electron chi connectivity index (χ3n) is 7.56. The van der Waals surface area contributed by atoms with E-state index in [1.54, 1.807) is 64.1 Å². The van der Waals surface area contributed by atoms with Crippen LogP contribution in [0.2, 0.25) is 0 Å². The van der Waals surface area contributed by atoms with E-state index in [0.717, 1.165) is 25.7 Å². The molecule has 0 aliphatic heterocycles. The van der Waals surface area contributed by atoms with Gasteiger partial charge in [0.05, 0.1) is 22.8 Å². The van der Waals surface area contributed by atoms with Gasteiger partial charge in [-0.1, -0.05) is 39.0 Å². The molecule has 20 nitrogen and oxygen atoms in total. The summed E-state index contributed by atoms with van der Waals surface area (Å²) in [7, 11) is 0. The monoisotopic (exact) mass is 744 g/mol. The van der Waals surface area contributed by atoms with Gasteiger partial charge in [-0.25, -0.2) is 0 Å². The van der Waals surface area contributed by atoms with Crippen LogP contribution in [0.3, 0.4) is 0 Å². The van der Waals surface area contributed by atoms with Crippen LogP contribution in [0.15, 0.2) is 77.2 Å². The summed E-state index contributed by atoms with van der Waals surface area (Å²) in [6.45, 7) is 8.84. The molecular formula is C34H52N18O2. The molecule has 0 fully saturated rings. The van der Waals surface area contributed by atoms with Crippen LogP contribution in [0.5, 0.6) is 0 Å². The van der Waals surface area contributed by atoms with Crippen LogP contribution in [0.25, 0.3) is 0 Å². The summed E-state index contributed by atoms with van der Waals surface area (Å²) in [5.41, 5.74) is 48.3. The zero-order chi connectivity index (χ0) is 40.4. The minimum Gasteiger partial charge on any atom is -0.369 e. The Kier molecular flexibility index (Phi) is 17.2. The van der Waals surface area contributed by atoms with Crippen LogP contribution in [-0.2, 0) is 9.59 Å². The highest BCUT2D eigenvalue weighted by atomic mass is 16.2. The number of amides is 2. The van der Waals surface area contributed by atoms with Gasteiger partial charge in [0.25, 0.3) is 0 Å². The molecule has 0 bridgehead atoms. The lowest BCUT2D eigenvalue weighted by Gasteiger charge is -2.19. The average Bonchev–Trinajstić information content (AvgIpc) is 3.11. The normalized spacial score (nSPS) is 12.6. The van der Waals surface area contributed by atoms with Crippen molar-refractivity contribution in [3.8, 4) is 0 Å². The summed E-state index contributed by atoms with van der Waals surface area (Å²) in [5, 5.41) is 36.9. The molecule has 0 radical (unpaired) electrons. The third-order valence-corrected chi connectivity index (χ3v) is 7.56. The lowest BCUT2D eigenvalue weighted by atomic mass is 9.97. The van der Waals surface area contributed by atoms with E-state index >= 15 is 0 Å². The smallest absolute Gasteiger partial charge is 0.236 e. The Labute approximate surface area is 314 Å². The molecule has 20 heteroatoms. The second-order valence-corrected chi connectivity index (χ2v) is 12.2. The summed E-state index contributed by atoms with van der Waals surface area (Å²) >= 11 is 0. The third kappa shape index (κ3) is 15.2. The SMILES string of the molecule is CCCCCCCC(C(=O)Nc1cc(C(C)=NN=C(N)N)cc(/C(C)=N/N=C(N)N)c1)C(=O)Nc1cc(C(C)=NN=C(N)N)cc(/C(C)=N/N=C(N)N)c1. The van der Waals surface area contributed by atoms with Gasteiger partial charge in [0, 0.05) is 33.6 Å². The number of guanidine groups is 4. The average molecular weight is 745 g/mol. The number of nitrogens with zero attached hydrogens (tertiary/aromatic N) is 8. The van der Waals surface area contributed by atoms with Crippen molar-refractivity contribution in [3.63, 3.8) is 0 Å². The van der Waals surface area contributed by atoms with Crippen molar-refractivity contribution in [2.45, 2.75) is 73.1 Å². The fraction of sp³-hybridized carbons (Fsp3) is 0.353. The van der Waals surface area contributed by atoms with Crippen LogP contribution in [-0.4, -0.2) is 58.5 Å². The zero-order valence-electron chi connectivity index (χ0n) is 31.3. The topological polar surface area (TPSA) is 365 Å². The second-order valence-electron chi connectivity index (χ2n) is 12.2. The first-order valence-corrected chi connectivity index (χ1v) is 17.0. The molecule has 0 heterocycles. The lowest BCUT2D eigenvalue weighted by Crippen LogP contribution is -2.34. The Morgan fingerprint density at radius 2 is 0.778 bits per heavy atom. The molecule has 2 amide bonds. The van der Waals surface area contributed by atoms with E-state index in [9.17, 15) is 9.59 Å². The van der Waals surface area contributed by atoms with Gasteiger partial charge in [0.15, 0.2) is 0 Å². The molecule has 0 atom stereocenters. The van der Waals surface area contributed by atoms with E-state index in [1.807, 2.05) is 0 Å². The first-order chi connectivity index (χ1) is 25.5. The highest BCUT2D eigenvalue weighted by Crippen LogP contribution is 2.23. The molecule has 2 rings (SSSR count). The molecule has 0 saturated heterocycles. The zero-order valence-corrected chi connectivity index (χ0v) is 31.3. The van der Waals surface area contributed by atoms with Gasteiger partial charge in [0.2, 0.25) is 35.7 Å². The van der Waals surface area contributed by atoms with Crippen LogP contribution >= 0.6 is 0 Å². The van der Waals surface area contributed by atoms with Crippen molar-refractivity contribution in [1.82, 2.24) is 0 Å². The molecule has 290 valence electrons. The summed E-state index contributed by atoms with van der Waals surface area (Å²) in [4.78, 5) is 28.1. The minimum atomic E-state index is -1.11. The van der Waals surface area contributed by atoms with E-state index < -0.39 is 17.7 Å². The predicted octanol–water partition coefficient (Wildman–Crippen LogP) is 1.23. The van der Waals surface area contributed by atoms with Gasteiger partial charge in [-0.15, -0.1) is 20.4 Å². The number of carbonyl (C=O) groups excluding carboxylic acids is 2. The van der Waals surface area contributed by atoms with Crippen LogP contribution in [0.4, 0.5) is 11.4 Å². The van der Waals surface area contributed by atoms with Crippen LogP contribution in [0.1, 0.15) is 95.4 Å². The number of hydrogen-bond acceptors (Lipinski definition) is 10. The molecule has 0 spiro atoms. The first kappa shape index (κ1) is 43.3. The molecule has 54 heavy (non-hydrogen) atoms. The molecule has 2 aromatic carbocycles. The summed E-state index contributed by atoms with van der Waals surface area (Å²) in [6.07, 6.45) is 4.78. The number of anilines is 2. The van der Waals surface area contributed by atoms with Gasteiger partial charge in [-0.2, -0.15) is 20.4 Å². The standard InChI is InChI=1S/C34H52N18O2/c1-6-7-8-9-10-11-28(29(53)43-26-14-22(18(2)45-49-31(35)36)12-23(15-26)19(3)46-50-32(37)38)30(54)44-27-16-24(20(4)47-51-33(39)40)13-25(17-27)21(5)48-52-34(41)42/h12-17,28H,6-11H2,1-5H3,(H,43,53)(H,44,54)(H4,35,36,49)(H4,37,38,50)(H4,39,40,51)(H4,41,42,52)/b45-18+,46-19?,47-20+,48-21?. The lowest BCUT2D eigenvalue weighted by molar-refractivity contribution is -0.129. The van der Waals surface area contributed by atoms with Crippen LogP contribution < -0.4 is 56.5 Å². The number of nitrogens with two attached hydrogens (primary N) is 8. The van der Waals surface area contributed by atoms with Gasteiger partial charge in [0.1, 0.15) is 5.92 Å². The maximum atomic E-state index is 14.0. The van der Waals surface area contributed by atoms with E-state index in [1.165, 1.54) is 0 Å². The largest absolute Gasteiger partial charge is 0.369 e. The molecule has 0 aliphatic carbocycles.